The molecule has 1 unspecified atom stereocenters. The van der Waals surface area contributed by atoms with Crippen molar-refractivity contribution >= 4 is 21.8 Å². The Morgan fingerprint density at radius 3 is 2.82 bits per heavy atom. The molecule has 1 amide bonds. The third-order valence-electron chi connectivity index (χ3n) is 2.38. The molecule has 0 aliphatic heterocycles. The normalized spacial score (nSPS) is 12.2. The number of benzene rings is 1. The number of nitrogens with one attached hydrogen (secondary N) is 1. The largest absolute Gasteiger partial charge is 0.507 e. The maximum atomic E-state index is 11.8. The molecule has 94 valence electrons. The van der Waals surface area contributed by atoms with Crippen LogP contribution in [0.4, 0.5) is 0 Å². The fourth-order valence-corrected chi connectivity index (χ4v) is 1.82. The first-order valence-corrected chi connectivity index (χ1v) is 6.24. The number of amides is 1. The van der Waals surface area contributed by atoms with Crippen LogP contribution in [0.3, 0.4) is 0 Å². The van der Waals surface area contributed by atoms with Crippen LogP contribution in [-0.2, 0) is 0 Å². The highest BCUT2D eigenvalue weighted by molar-refractivity contribution is 9.10. The number of phenols is 1. The fourth-order valence-electron chi connectivity index (χ4n) is 1.47. The van der Waals surface area contributed by atoms with Crippen molar-refractivity contribution < 1.29 is 15.0 Å². The number of phenolic OH excluding ortho intramolecular Hbond substituents is 1. The van der Waals surface area contributed by atoms with Gasteiger partial charge in [0.25, 0.3) is 5.91 Å². The number of carbonyl (C=O) groups is 1. The minimum Gasteiger partial charge on any atom is -0.507 e. The lowest BCUT2D eigenvalue weighted by atomic mass is 10.1. The molecule has 0 aliphatic carbocycles. The zero-order valence-electron chi connectivity index (χ0n) is 9.61. The highest BCUT2D eigenvalue weighted by atomic mass is 79.9. The Labute approximate surface area is 109 Å². The second kappa shape index (κ2) is 6.61. The zero-order valence-corrected chi connectivity index (χ0v) is 11.2. The maximum absolute atomic E-state index is 11.8. The van der Waals surface area contributed by atoms with Gasteiger partial charge in [0.1, 0.15) is 5.75 Å². The molecular formula is C12H16BrNO3. The van der Waals surface area contributed by atoms with Crippen molar-refractivity contribution in [2.45, 2.75) is 25.8 Å². The molecular weight excluding hydrogens is 286 g/mol. The lowest BCUT2D eigenvalue weighted by Crippen LogP contribution is -2.32. The van der Waals surface area contributed by atoms with Gasteiger partial charge in [0.2, 0.25) is 0 Å². The summed E-state index contributed by atoms with van der Waals surface area (Å²) in [7, 11) is 0. The number of hydrogen-bond donors (Lipinski definition) is 3. The summed E-state index contributed by atoms with van der Waals surface area (Å²) >= 11 is 3.21. The van der Waals surface area contributed by atoms with Gasteiger partial charge in [0.05, 0.1) is 5.56 Å². The molecule has 0 saturated carbocycles. The number of carbonyl (C=O) groups excluding carboxylic acids is 1. The van der Waals surface area contributed by atoms with Gasteiger partial charge < -0.3 is 15.5 Å². The van der Waals surface area contributed by atoms with E-state index < -0.39 is 0 Å². The highest BCUT2D eigenvalue weighted by Gasteiger charge is 2.13. The van der Waals surface area contributed by atoms with Gasteiger partial charge in [-0.25, -0.2) is 0 Å². The molecule has 4 nitrogen and oxygen atoms in total. The third kappa shape index (κ3) is 4.36. The van der Waals surface area contributed by atoms with Crippen molar-refractivity contribution in [3.8, 4) is 5.75 Å². The van der Waals surface area contributed by atoms with E-state index in [1.165, 1.54) is 6.07 Å². The first-order valence-electron chi connectivity index (χ1n) is 5.45. The molecule has 0 saturated heterocycles. The lowest BCUT2D eigenvalue weighted by Gasteiger charge is -2.13. The Morgan fingerprint density at radius 1 is 1.53 bits per heavy atom. The first kappa shape index (κ1) is 14.0. The molecule has 0 heterocycles. The smallest absolute Gasteiger partial charge is 0.255 e. The van der Waals surface area contributed by atoms with E-state index >= 15 is 0 Å². The van der Waals surface area contributed by atoms with Crippen LogP contribution < -0.4 is 5.32 Å². The van der Waals surface area contributed by atoms with E-state index in [0.717, 1.165) is 4.47 Å². The van der Waals surface area contributed by atoms with Gasteiger partial charge in [-0.2, -0.15) is 0 Å². The van der Waals surface area contributed by atoms with Gasteiger partial charge in [-0.3, -0.25) is 4.79 Å². The summed E-state index contributed by atoms with van der Waals surface area (Å²) in [5.41, 5.74) is 0.254. The second-order valence-corrected chi connectivity index (χ2v) is 4.82. The SMILES string of the molecule is CC(CCCO)NC(=O)c1ccc(Br)cc1O. The molecule has 1 rings (SSSR count). The molecule has 0 spiro atoms. The van der Waals surface area contributed by atoms with Gasteiger partial charge in [-0.05, 0) is 38.0 Å². The topological polar surface area (TPSA) is 69.6 Å². The Kier molecular flexibility index (Phi) is 5.44. The number of hydrogen-bond acceptors (Lipinski definition) is 3. The van der Waals surface area contributed by atoms with Crippen LogP contribution in [0.15, 0.2) is 22.7 Å². The molecule has 0 bridgehead atoms. The number of aromatic hydroxyl groups is 1. The minimum absolute atomic E-state index is 0.0299. The van der Waals surface area contributed by atoms with E-state index in [1.54, 1.807) is 12.1 Å². The molecule has 1 aromatic rings. The van der Waals surface area contributed by atoms with E-state index in [9.17, 15) is 9.90 Å². The number of aliphatic hydroxyl groups is 1. The lowest BCUT2D eigenvalue weighted by molar-refractivity contribution is 0.0933. The van der Waals surface area contributed by atoms with Crippen LogP contribution in [0.5, 0.6) is 5.75 Å². The third-order valence-corrected chi connectivity index (χ3v) is 2.87. The van der Waals surface area contributed by atoms with E-state index in [1.807, 2.05) is 6.92 Å². The van der Waals surface area contributed by atoms with Crippen molar-refractivity contribution in [1.29, 1.82) is 0 Å². The molecule has 0 aromatic heterocycles. The molecule has 17 heavy (non-hydrogen) atoms. The van der Waals surface area contributed by atoms with E-state index in [2.05, 4.69) is 21.2 Å². The van der Waals surface area contributed by atoms with Gasteiger partial charge >= 0.3 is 0 Å². The van der Waals surface area contributed by atoms with Crippen molar-refractivity contribution in [3.05, 3.63) is 28.2 Å². The van der Waals surface area contributed by atoms with Crippen molar-refractivity contribution in [2.24, 2.45) is 0 Å². The summed E-state index contributed by atoms with van der Waals surface area (Å²) in [5.74, 6) is -0.355. The van der Waals surface area contributed by atoms with Crippen LogP contribution in [0.25, 0.3) is 0 Å². The average Bonchev–Trinajstić information content (AvgIpc) is 2.26. The van der Waals surface area contributed by atoms with E-state index in [-0.39, 0.29) is 29.9 Å². The van der Waals surface area contributed by atoms with Crippen LogP contribution in [0.1, 0.15) is 30.1 Å². The Bertz CT molecular complexity index is 395. The van der Waals surface area contributed by atoms with Crippen molar-refractivity contribution in [3.63, 3.8) is 0 Å². The van der Waals surface area contributed by atoms with Gasteiger partial charge in [0.15, 0.2) is 0 Å². The number of rotatable bonds is 5. The summed E-state index contributed by atoms with van der Waals surface area (Å²) in [4.78, 5) is 11.8. The van der Waals surface area contributed by atoms with Gasteiger partial charge in [0, 0.05) is 17.1 Å². The molecule has 0 fully saturated rings. The standard InChI is InChI=1S/C12H16BrNO3/c1-8(3-2-6-15)14-12(17)10-5-4-9(13)7-11(10)16/h4-5,7-8,15-16H,2-3,6H2,1H3,(H,14,17). The summed E-state index contributed by atoms with van der Waals surface area (Å²) < 4.78 is 0.722. The quantitative estimate of drug-likeness (QED) is 0.779. The molecule has 5 heteroatoms. The van der Waals surface area contributed by atoms with E-state index in [0.29, 0.717) is 12.8 Å². The molecule has 1 atom stereocenters. The van der Waals surface area contributed by atoms with Crippen LogP contribution >= 0.6 is 15.9 Å². The molecule has 0 radical (unpaired) electrons. The first-order chi connectivity index (χ1) is 8.04. The summed E-state index contributed by atoms with van der Waals surface area (Å²) in [6.07, 6.45) is 1.35. The predicted octanol–water partition coefficient (Wildman–Crippen LogP) is 2.05. The Hall–Kier alpha value is -1.07. The molecule has 3 N–H and O–H groups in total. The fraction of sp³-hybridized carbons (Fsp3) is 0.417. The Morgan fingerprint density at radius 2 is 2.24 bits per heavy atom. The molecule has 1 aromatic carbocycles. The van der Waals surface area contributed by atoms with Crippen molar-refractivity contribution in [2.75, 3.05) is 6.61 Å². The summed E-state index contributed by atoms with van der Waals surface area (Å²) in [6.45, 7) is 1.98. The molecule has 0 aliphatic rings. The van der Waals surface area contributed by atoms with Gasteiger partial charge in [-0.15, -0.1) is 0 Å². The van der Waals surface area contributed by atoms with Crippen LogP contribution in [-0.4, -0.2) is 28.8 Å². The average molecular weight is 302 g/mol. The zero-order chi connectivity index (χ0) is 12.8. The Balaban J connectivity index is 2.63. The highest BCUT2D eigenvalue weighted by Crippen LogP contribution is 2.22. The summed E-state index contributed by atoms with van der Waals surface area (Å²) in [5, 5.41) is 21.1. The van der Waals surface area contributed by atoms with Crippen LogP contribution in [0, 0.1) is 0 Å². The minimum atomic E-state index is -0.305. The summed E-state index contributed by atoms with van der Waals surface area (Å²) in [6, 6.07) is 4.71. The van der Waals surface area contributed by atoms with Crippen LogP contribution in [0.2, 0.25) is 0 Å². The number of halogens is 1. The predicted molar refractivity (Wildman–Crippen MR) is 69.1 cm³/mol. The second-order valence-electron chi connectivity index (χ2n) is 3.90. The monoisotopic (exact) mass is 301 g/mol. The van der Waals surface area contributed by atoms with Crippen molar-refractivity contribution in [1.82, 2.24) is 5.32 Å². The number of aliphatic hydroxyl groups excluding tert-OH is 1. The maximum Gasteiger partial charge on any atom is 0.255 e. The van der Waals surface area contributed by atoms with E-state index in [4.69, 9.17) is 5.11 Å². The van der Waals surface area contributed by atoms with Gasteiger partial charge in [-0.1, -0.05) is 15.9 Å².